The first kappa shape index (κ1) is 23.8. The Hall–Kier alpha value is -3.61. The summed E-state index contributed by atoms with van der Waals surface area (Å²) in [5.41, 5.74) is 4.82. The number of aromatic nitrogens is 3. The third-order valence-corrected chi connectivity index (χ3v) is 7.85. The van der Waals surface area contributed by atoms with E-state index in [1.807, 2.05) is 43.7 Å². The van der Waals surface area contributed by atoms with E-state index < -0.39 is 5.60 Å². The van der Waals surface area contributed by atoms with Gasteiger partial charge in [0.15, 0.2) is 0 Å². The van der Waals surface area contributed by atoms with Crippen molar-refractivity contribution >= 4 is 21.8 Å². The lowest BCUT2D eigenvalue weighted by Gasteiger charge is -2.34. The second-order valence-electron chi connectivity index (χ2n) is 10.7. The van der Waals surface area contributed by atoms with Gasteiger partial charge in [0.1, 0.15) is 5.52 Å². The van der Waals surface area contributed by atoms with Gasteiger partial charge in [-0.3, -0.25) is 4.79 Å². The molecular formula is C31H33N3O3. The minimum atomic E-state index is -1.00. The van der Waals surface area contributed by atoms with E-state index in [0.717, 1.165) is 59.2 Å². The van der Waals surface area contributed by atoms with Gasteiger partial charge in [-0.05, 0) is 61.9 Å². The van der Waals surface area contributed by atoms with Crippen LogP contribution in [0.15, 0.2) is 77.9 Å². The molecule has 3 aromatic heterocycles. The minimum absolute atomic E-state index is 0.0758. The molecule has 1 atom stereocenters. The summed E-state index contributed by atoms with van der Waals surface area (Å²) in [7, 11) is 1.92. The van der Waals surface area contributed by atoms with Crippen LogP contribution in [-0.2, 0) is 17.4 Å². The smallest absolute Gasteiger partial charge is 0.272 e. The molecule has 1 aliphatic heterocycles. The van der Waals surface area contributed by atoms with Crippen molar-refractivity contribution in [2.75, 3.05) is 13.2 Å². The number of aliphatic hydroxyl groups is 1. The predicted molar refractivity (Wildman–Crippen MR) is 148 cm³/mol. The molecule has 1 saturated heterocycles. The molecule has 2 N–H and O–H groups in total. The fourth-order valence-corrected chi connectivity index (χ4v) is 6.17. The molecule has 0 aliphatic carbocycles. The highest BCUT2D eigenvalue weighted by Gasteiger charge is 2.32. The van der Waals surface area contributed by atoms with E-state index in [0.29, 0.717) is 11.4 Å². The largest absolute Gasteiger partial charge is 0.386 e. The van der Waals surface area contributed by atoms with Crippen LogP contribution < -0.4 is 5.56 Å². The average Bonchev–Trinajstić information content (AvgIpc) is 3.43. The Kier molecular flexibility index (Phi) is 5.81. The van der Waals surface area contributed by atoms with Gasteiger partial charge in [-0.1, -0.05) is 42.5 Å². The Morgan fingerprint density at radius 3 is 2.51 bits per heavy atom. The predicted octanol–water partition coefficient (Wildman–Crippen LogP) is 5.73. The molecule has 1 fully saturated rings. The van der Waals surface area contributed by atoms with Gasteiger partial charge in [0.05, 0.1) is 17.3 Å². The molecule has 6 heteroatoms. The number of hydrogen-bond donors (Lipinski definition) is 2. The molecule has 5 aromatic rings. The van der Waals surface area contributed by atoms with Crippen LogP contribution in [0.25, 0.3) is 33.1 Å². The summed E-state index contributed by atoms with van der Waals surface area (Å²) in [5, 5.41) is 13.0. The Labute approximate surface area is 216 Å². The summed E-state index contributed by atoms with van der Waals surface area (Å²) in [6.45, 7) is 5.18. The zero-order valence-corrected chi connectivity index (χ0v) is 21.6. The zero-order valence-electron chi connectivity index (χ0n) is 21.6. The van der Waals surface area contributed by atoms with Gasteiger partial charge >= 0.3 is 0 Å². The molecule has 0 amide bonds. The lowest BCUT2D eigenvalue weighted by atomic mass is 9.86. The van der Waals surface area contributed by atoms with Crippen LogP contribution in [0.5, 0.6) is 0 Å². The molecule has 37 heavy (non-hydrogen) atoms. The fraction of sp³-hybridized carbons (Fsp3) is 0.323. The molecule has 6 nitrogen and oxygen atoms in total. The third kappa shape index (κ3) is 4.01. The Bertz CT molecular complexity index is 1630. The minimum Gasteiger partial charge on any atom is -0.386 e. The van der Waals surface area contributed by atoms with Crippen LogP contribution in [0, 0.1) is 5.92 Å². The summed E-state index contributed by atoms with van der Waals surface area (Å²) in [6, 6.07) is 21.2. The van der Waals surface area contributed by atoms with Crippen molar-refractivity contribution in [1.29, 1.82) is 0 Å². The molecule has 0 radical (unpaired) electrons. The number of fused-ring (bicyclic) bond motifs is 2. The van der Waals surface area contributed by atoms with E-state index >= 15 is 0 Å². The van der Waals surface area contributed by atoms with Crippen molar-refractivity contribution in [2.24, 2.45) is 13.0 Å². The molecule has 4 heterocycles. The van der Waals surface area contributed by atoms with Crippen molar-refractivity contribution in [1.82, 2.24) is 14.1 Å². The summed E-state index contributed by atoms with van der Waals surface area (Å²) in [5.74, 6) is 0.384. The second-order valence-corrected chi connectivity index (χ2v) is 10.7. The summed E-state index contributed by atoms with van der Waals surface area (Å²) >= 11 is 0. The molecule has 0 bridgehead atoms. The Balaban J connectivity index is 1.72. The number of aromatic amines is 1. The standard InChI is InChI=1S/C31H33N3O3/c1-31(2,36)25-10-7-11-26-23(25)18-27(24-19-33(3)29-22(24)12-15-32-30(29)35)34(26)28(20-8-5-4-6-9-20)21-13-16-37-17-14-21/h4-12,15,18-19,21,28,36H,13-14,16-17H2,1-3H3,(H,32,35)/t28-/m0/s1. The first-order chi connectivity index (χ1) is 17.8. The van der Waals surface area contributed by atoms with E-state index in [-0.39, 0.29) is 11.6 Å². The van der Waals surface area contributed by atoms with Crippen LogP contribution in [-0.4, -0.2) is 32.4 Å². The zero-order chi connectivity index (χ0) is 25.7. The maximum absolute atomic E-state index is 12.8. The second kappa shape index (κ2) is 9.05. The molecule has 6 rings (SSSR count). The first-order valence-electron chi connectivity index (χ1n) is 13.0. The van der Waals surface area contributed by atoms with Crippen molar-refractivity contribution in [3.8, 4) is 11.3 Å². The summed E-state index contributed by atoms with van der Waals surface area (Å²) in [6.07, 6.45) is 5.72. The Morgan fingerprint density at radius 2 is 1.78 bits per heavy atom. The monoisotopic (exact) mass is 495 g/mol. The number of pyridine rings is 1. The van der Waals surface area contributed by atoms with E-state index in [1.54, 1.807) is 6.20 Å². The molecular weight excluding hydrogens is 462 g/mol. The van der Waals surface area contributed by atoms with Gasteiger partial charge in [0, 0.05) is 54.5 Å². The normalized spacial score (nSPS) is 16.0. The lowest BCUT2D eigenvalue weighted by Crippen LogP contribution is -2.27. The maximum Gasteiger partial charge on any atom is 0.272 e. The maximum atomic E-state index is 12.8. The fourth-order valence-electron chi connectivity index (χ4n) is 6.17. The average molecular weight is 496 g/mol. The molecule has 0 unspecified atom stereocenters. The lowest BCUT2D eigenvalue weighted by molar-refractivity contribution is 0.0550. The van der Waals surface area contributed by atoms with Gasteiger partial charge in [-0.2, -0.15) is 0 Å². The number of ether oxygens (including phenoxy) is 1. The van der Waals surface area contributed by atoms with E-state index in [4.69, 9.17) is 4.74 Å². The van der Waals surface area contributed by atoms with Gasteiger partial charge < -0.3 is 24.0 Å². The summed E-state index contributed by atoms with van der Waals surface area (Å²) < 4.78 is 10.1. The number of hydrogen-bond acceptors (Lipinski definition) is 3. The van der Waals surface area contributed by atoms with Crippen molar-refractivity contribution < 1.29 is 9.84 Å². The van der Waals surface area contributed by atoms with Crippen molar-refractivity contribution in [3.05, 3.63) is 94.5 Å². The molecule has 1 aliphatic rings. The molecule has 190 valence electrons. The van der Waals surface area contributed by atoms with Gasteiger partial charge in [-0.25, -0.2) is 0 Å². The number of rotatable bonds is 5. The van der Waals surface area contributed by atoms with Crippen LogP contribution in [0.4, 0.5) is 0 Å². The number of benzene rings is 2. The van der Waals surface area contributed by atoms with Crippen LogP contribution in [0.3, 0.4) is 0 Å². The first-order valence-corrected chi connectivity index (χ1v) is 13.0. The van der Waals surface area contributed by atoms with E-state index in [1.165, 1.54) is 5.56 Å². The molecule has 0 saturated carbocycles. The van der Waals surface area contributed by atoms with E-state index in [9.17, 15) is 9.90 Å². The van der Waals surface area contributed by atoms with Crippen molar-refractivity contribution in [2.45, 2.75) is 38.3 Å². The van der Waals surface area contributed by atoms with Gasteiger partial charge in [-0.15, -0.1) is 0 Å². The third-order valence-electron chi connectivity index (χ3n) is 7.85. The summed E-state index contributed by atoms with van der Waals surface area (Å²) in [4.78, 5) is 15.6. The van der Waals surface area contributed by atoms with Gasteiger partial charge in [0.2, 0.25) is 0 Å². The highest BCUT2D eigenvalue weighted by atomic mass is 16.5. The van der Waals surface area contributed by atoms with Crippen LogP contribution >= 0.6 is 0 Å². The Morgan fingerprint density at radius 1 is 1.03 bits per heavy atom. The highest BCUT2D eigenvalue weighted by molar-refractivity contribution is 5.99. The van der Waals surface area contributed by atoms with Crippen LogP contribution in [0.2, 0.25) is 0 Å². The molecule has 2 aromatic carbocycles. The number of nitrogens with one attached hydrogen (secondary N) is 1. The van der Waals surface area contributed by atoms with E-state index in [2.05, 4.69) is 58.2 Å². The number of H-pyrrole nitrogens is 1. The number of nitrogens with zero attached hydrogens (tertiary/aromatic N) is 2. The highest BCUT2D eigenvalue weighted by Crippen LogP contribution is 2.44. The van der Waals surface area contributed by atoms with Crippen molar-refractivity contribution in [3.63, 3.8) is 0 Å². The molecule has 0 spiro atoms. The topological polar surface area (TPSA) is 72.2 Å². The SMILES string of the molecule is Cn1cc(-c2cc3c(C(C)(C)O)cccc3n2[C@@H](c2ccccc2)C2CCOCC2)c2cc[nH]c(=O)c21. The quantitative estimate of drug-likeness (QED) is 0.327. The van der Waals surface area contributed by atoms with Gasteiger partial charge in [0.25, 0.3) is 5.56 Å². The van der Waals surface area contributed by atoms with Crippen LogP contribution in [0.1, 0.15) is 43.9 Å². The number of aryl methyl sites for hydroxylation is 1.